The summed E-state index contributed by atoms with van der Waals surface area (Å²) in [7, 11) is 1.81. The van der Waals surface area contributed by atoms with E-state index in [0.717, 1.165) is 17.0 Å². The van der Waals surface area contributed by atoms with Crippen LogP contribution in [-0.4, -0.2) is 22.4 Å². The van der Waals surface area contributed by atoms with Crippen molar-refractivity contribution < 1.29 is 5.11 Å². The van der Waals surface area contributed by atoms with Crippen molar-refractivity contribution in [3.8, 4) is 0 Å². The number of nitrogens with zero attached hydrogens (tertiary/aromatic N) is 1. The highest BCUT2D eigenvalue weighted by Gasteiger charge is 2.56. The molecule has 2 nitrogen and oxygen atoms in total. The van der Waals surface area contributed by atoms with Gasteiger partial charge in [-0.2, -0.15) is 0 Å². The van der Waals surface area contributed by atoms with Gasteiger partial charge in [0.1, 0.15) is 5.60 Å². The Morgan fingerprint density at radius 2 is 2.12 bits per heavy atom. The second kappa shape index (κ2) is 4.41. The van der Waals surface area contributed by atoms with Crippen molar-refractivity contribution in [2.24, 2.45) is 10.9 Å². The first kappa shape index (κ1) is 13.1. The second-order valence-electron chi connectivity index (χ2n) is 4.58. The largest absolute Gasteiger partial charge is 0.383 e. The molecule has 1 saturated heterocycles. The number of halogens is 1. The monoisotopic (exact) mass is 313 g/mol. The van der Waals surface area contributed by atoms with E-state index in [1.165, 1.54) is 5.56 Å². The standard InChI is InChI=1S/C13H15NOS.BrH/c1-8-12(14-2)16-11-7-9-5-3-4-6-10(9)13(8,11)15;/h3-6,8,11,15H,7H2,1-2H3;1H. The minimum atomic E-state index is -0.698. The van der Waals surface area contributed by atoms with E-state index in [1.807, 2.05) is 19.2 Å². The van der Waals surface area contributed by atoms with Crippen molar-refractivity contribution in [1.29, 1.82) is 0 Å². The minimum Gasteiger partial charge on any atom is -0.383 e. The zero-order valence-corrected chi connectivity index (χ0v) is 12.4. The van der Waals surface area contributed by atoms with E-state index in [2.05, 4.69) is 24.0 Å². The molecule has 0 radical (unpaired) electrons. The summed E-state index contributed by atoms with van der Waals surface area (Å²) < 4.78 is 0. The molecule has 1 aromatic rings. The Morgan fingerprint density at radius 1 is 1.41 bits per heavy atom. The van der Waals surface area contributed by atoms with E-state index < -0.39 is 5.60 Å². The number of aliphatic imine (C=N–C) groups is 1. The predicted octanol–water partition coefficient (Wildman–Crippen LogP) is 2.79. The number of rotatable bonds is 0. The van der Waals surface area contributed by atoms with Crippen LogP contribution in [0.25, 0.3) is 0 Å². The van der Waals surface area contributed by atoms with Gasteiger partial charge in [0.15, 0.2) is 0 Å². The topological polar surface area (TPSA) is 32.6 Å². The van der Waals surface area contributed by atoms with Crippen LogP contribution in [0.15, 0.2) is 29.3 Å². The fourth-order valence-electron chi connectivity index (χ4n) is 2.94. The summed E-state index contributed by atoms with van der Waals surface area (Å²) in [6, 6.07) is 8.25. The molecule has 3 unspecified atom stereocenters. The lowest BCUT2D eigenvalue weighted by atomic mass is 9.84. The van der Waals surface area contributed by atoms with Gasteiger partial charge in [-0.1, -0.05) is 31.2 Å². The Hall–Kier alpha value is -0.320. The molecule has 1 aromatic carbocycles. The zero-order chi connectivity index (χ0) is 11.3. The first-order valence-electron chi connectivity index (χ1n) is 5.62. The van der Waals surface area contributed by atoms with E-state index in [0.29, 0.717) is 0 Å². The SMILES string of the molecule is Br.CN=C1SC2Cc3ccccc3C2(O)C1C. The van der Waals surface area contributed by atoms with E-state index in [9.17, 15) is 5.11 Å². The van der Waals surface area contributed by atoms with Crippen LogP contribution in [0, 0.1) is 5.92 Å². The number of aliphatic hydroxyl groups is 1. The third-order valence-corrected chi connectivity index (χ3v) is 5.45. The van der Waals surface area contributed by atoms with Crippen molar-refractivity contribution in [3.05, 3.63) is 35.4 Å². The van der Waals surface area contributed by atoms with Crippen LogP contribution in [-0.2, 0) is 12.0 Å². The Balaban J connectivity index is 0.00000108. The summed E-state index contributed by atoms with van der Waals surface area (Å²) in [6.45, 7) is 2.08. The molecular formula is C13H16BrNOS. The molecule has 1 aliphatic heterocycles. The summed E-state index contributed by atoms with van der Waals surface area (Å²) in [6.07, 6.45) is 0.959. The van der Waals surface area contributed by atoms with Crippen LogP contribution in [0.3, 0.4) is 0 Å². The smallest absolute Gasteiger partial charge is 0.111 e. The summed E-state index contributed by atoms with van der Waals surface area (Å²) in [4.78, 5) is 4.29. The van der Waals surface area contributed by atoms with Crippen molar-refractivity contribution in [3.63, 3.8) is 0 Å². The van der Waals surface area contributed by atoms with Crippen LogP contribution in [0.5, 0.6) is 0 Å². The molecule has 0 aromatic heterocycles. The summed E-state index contributed by atoms with van der Waals surface area (Å²) >= 11 is 1.74. The molecule has 1 heterocycles. The summed E-state index contributed by atoms with van der Waals surface area (Å²) in [5.74, 6) is 0.121. The fourth-order valence-corrected chi connectivity index (χ4v) is 4.50. The first-order valence-corrected chi connectivity index (χ1v) is 6.50. The molecule has 2 aliphatic rings. The minimum absolute atomic E-state index is 0. The Labute approximate surface area is 116 Å². The molecule has 1 aliphatic carbocycles. The van der Waals surface area contributed by atoms with Crippen LogP contribution in [0.2, 0.25) is 0 Å². The van der Waals surface area contributed by atoms with Crippen molar-refractivity contribution in [2.75, 3.05) is 7.05 Å². The molecule has 0 bridgehead atoms. The Morgan fingerprint density at radius 3 is 2.82 bits per heavy atom. The van der Waals surface area contributed by atoms with Gasteiger partial charge in [-0.25, -0.2) is 0 Å². The number of hydrogen-bond donors (Lipinski definition) is 1. The maximum atomic E-state index is 11.0. The van der Waals surface area contributed by atoms with Gasteiger partial charge in [0.25, 0.3) is 0 Å². The van der Waals surface area contributed by atoms with Crippen LogP contribution in [0.1, 0.15) is 18.1 Å². The second-order valence-corrected chi connectivity index (χ2v) is 5.80. The highest BCUT2D eigenvalue weighted by atomic mass is 79.9. The van der Waals surface area contributed by atoms with Gasteiger partial charge in [-0.3, -0.25) is 4.99 Å². The fraction of sp³-hybridized carbons (Fsp3) is 0.462. The van der Waals surface area contributed by atoms with Crippen LogP contribution in [0.4, 0.5) is 0 Å². The Bertz CT molecular complexity index is 476. The number of thioether (sulfide) groups is 1. The normalized spacial score (nSPS) is 36.5. The molecule has 3 atom stereocenters. The number of hydrogen-bond acceptors (Lipinski definition) is 3. The molecule has 0 saturated carbocycles. The van der Waals surface area contributed by atoms with Gasteiger partial charge in [-0.05, 0) is 17.5 Å². The molecule has 0 amide bonds. The van der Waals surface area contributed by atoms with Crippen molar-refractivity contribution in [1.82, 2.24) is 0 Å². The zero-order valence-electron chi connectivity index (χ0n) is 9.88. The highest BCUT2D eigenvalue weighted by Crippen LogP contribution is 2.54. The van der Waals surface area contributed by atoms with Gasteiger partial charge >= 0.3 is 0 Å². The summed E-state index contributed by atoms with van der Waals surface area (Å²) in [5, 5.41) is 12.3. The lowest BCUT2D eigenvalue weighted by Crippen LogP contribution is -2.36. The van der Waals surface area contributed by atoms with Gasteiger partial charge in [0, 0.05) is 18.2 Å². The molecule has 17 heavy (non-hydrogen) atoms. The van der Waals surface area contributed by atoms with Crippen LogP contribution < -0.4 is 0 Å². The maximum Gasteiger partial charge on any atom is 0.111 e. The maximum absolute atomic E-state index is 11.0. The predicted molar refractivity (Wildman–Crippen MR) is 78.3 cm³/mol. The van der Waals surface area contributed by atoms with Crippen LogP contribution >= 0.6 is 28.7 Å². The molecule has 3 rings (SSSR count). The average Bonchev–Trinajstić information content (AvgIpc) is 2.72. The lowest BCUT2D eigenvalue weighted by Gasteiger charge is -2.27. The molecular weight excluding hydrogens is 298 g/mol. The highest BCUT2D eigenvalue weighted by molar-refractivity contribution is 8.93. The van der Waals surface area contributed by atoms with Gasteiger partial charge in [0.2, 0.25) is 0 Å². The van der Waals surface area contributed by atoms with Crippen molar-refractivity contribution in [2.45, 2.75) is 24.2 Å². The quantitative estimate of drug-likeness (QED) is 0.799. The van der Waals surface area contributed by atoms with E-state index in [4.69, 9.17) is 0 Å². The van der Waals surface area contributed by atoms with Gasteiger partial charge in [-0.15, -0.1) is 28.7 Å². The van der Waals surface area contributed by atoms with E-state index in [1.54, 1.807) is 11.8 Å². The Kier molecular flexibility index (Phi) is 3.40. The van der Waals surface area contributed by atoms with Gasteiger partial charge in [0.05, 0.1) is 5.04 Å². The average molecular weight is 314 g/mol. The number of benzene rings is 1. The van der Waals surface area contributed by atoms with Crippen molar-refractivity contribution >= 4 is 33.8 Å². The molecule has 4 heteroatoms. The van der Waals surface area contributed by atoms with E-state index in [-0.39, 0.29) is 28.1 Å². The van der Waals surface area contributed by atoms with Gasteiger partial charge < -0.3 is 5.11 Å². The summed E-state index contributed by atoms with van der Waals surface area (Å²) in [5.41, 5.74) is 1.71. The van der Waals surface area contributed by atoms with E-state index >= 15 is 0 Å². The first-order chi connectivity index (χ1) is 7.67. The molecule has 1 fully saturated rings. The third kappa shape index (κ3) is 1.61. The molecule has 0 spiro atoms. The number of fused-ring (bicyclic) bond motifs is 3. The molecule has 1 N–H and O–H groups in total. The lowest BCUT2D eigenvalue weighted by molar-refractivity contribution is 0.0213. The third-order valence-electron chi connectivity index (χ3n) is 3.86. The molecule has 92 valence electrons.